The number of rotatable bonds is 6. The minimum absolute atomic E-state index is 0. The molecule has 0 aromatic carbocycles. The third-order valence-electron chi connectivity index (χ3n) is 6.89. The molecule has 3 aromatic rings. The second-order valence-corrected chi connectivity index (χ2v) is 10.6. The number of aromatic nitrogens is 5. The summed E-state index contributed by atoms with van der Waals surface area (Å²) in [5, 5.41) is 25.5. The van der Waals surface area contributed by atoms with Crippen LogP contribution in [0.15, 0.2) is 10.7 Å². The Labute approximate surface area is 254 Å². The van der Waals surface area contributed by atoms with Crippen LogP contribution < -0.4 is 62.4 Å². The summed E-state index contributed by atoms with van der Waals surface area (Å²) >= 11 is 0. The van der Waals surface area contributed by atoms with Gasteiger partial charge in [0.1, 0.15) is 17.2 Å². The van der Waals surface area contributed by atoms with Crippen molar-refractivity contribution in [1.82, 2.24) is 30.2 Å². The Kier molecular flexibility index (Phi) is 8.08. The van der Waals surface area contributed by atoms with E-state index in [1.807, 2.05) is 27.0 Å². The fourth-order valence-corrected chi connectivity index (χ4v) is 4.93. The van der Waals surface area contributed by atoms with E-state index in [2.05, 4.69) is 22.7 Å². The van der Waals surface area contributed by atoms with Crippen molar-refractivity contribution in [3.8, 4) is 22.8 Å². The molecule has 1 saturated carbocycles. The maximum absolute atomic E-state index is 8.31. The van der Waals surface area contributed by atoms with Gasteiger partial charge in [0.05, 0.1) is 5.56 Å². The van der Waals surface area contributed by atoms with Crippen LogP contribution in [0.25, 0.3) is 28.1 Å². The van der Waals surface area contributed by atoms with Crippen molar-refractivity contribution in [3.05, 3.63) is 34.1 Å². The molecule has 2 aliphatic rings. The van der Waals surface area contributed by atoms with Crippen LogP contribution in [0, 0.1) is 12.3 Å². The number of nitrogen functional groups attached to an aromatic ring is 1. The van der Waals surface area contributed by atoms with Crippen LogP contribution in [0.2, 0.25) is 0 Å². The molecule has 2 fully saturated rings. The van der Waals surface area contributed by atoms with Gasteiger partial charge in [0.25, 0.3) is 0 Å². The van der Waals surface area contributed by atoms with Gasteiger partial charge in [-0.1, -0.05) is 33.0 Å². The van der Waals surface area contributed by atoms with Crippen molar-refractivity contribution in [2.24, 2.45) is 5.73 Å². The van der Waals surface area contributed by atoms with Crippen molar-refractivity contribution in [1.29, 1.82) is 5.41 Å². The molecule has 4 N–H and O–H groups in total. The number of aryl methyl sites for hydroxylation is 1. The maximum Gasteiger partial charge on any atom is 1.00 e. The van der Waals surface area contributed by atoms with Gasteiger partial charge < -0.3 is 25.6 Å². The Bertz CT molecular complexity index is 1260. The molecule has 11 heteroatoms. The van der Waals surface area contributed by atoms with Crippen molar-refractivity contribution < 1.29 is 55.9 Å². The molecule has 0 spiro atoms. The molecule has 36 heavy (non-hydrogen) atoms. The molecule has 0 amide bonds. The van der Waals surface area contributed by atoms with E-state index in [1.165, 1.54) is 5.56 Å². The van der Waals surface area contributed by atoms with Crippen LogP contribution in [0.3, 0.4) is 0 Å². The molecular weight excluding hydrogens is 481 g/mol. The first kappa shape index (κ1) is 27.4. The van der Waals surface area contributed by atoms with Crippen LogP contribution >= 0.6 is 0 Å². The zero-order valence-electron chi connectivity index (χ0n) is 22.1. The number of piperidine rings is 1. The Morgan fingerprint density at radius 3 is 2.42 bits per heavy atom. The van der Waals surface area contributed by atoms with Crippen LogP contribution in [-0.4, -0.2) is 50.9 Å². The number of amidine groups is 1. The summed E-state index contributed by atoms with van der Waals surface area (Å²) in [7, 11) is 1.68. The van der Waals surface area contributed by atoms with Gasteiger partial charge in [-0.15, -0.1) is 0 Å². The standard InChI is InChI=1S/C25H34N9O.K/c1-13-16(14-8-10-29-11-9-14)12-30-23(31-13)17-20(33-35-21(17)15-6-7-15)19-18(22(26)27)24(28-5)34(32-19)25(2,3)4;/h12,14-15,29H,6-11H2,1-5H3,(H3,26,27);/q-1;+1. The fraction of sp³-hybridized carbons (Fsp3) is 0.560. The van der Waals surface area contributed by atoms with Crippen LogP contribution in [0.1, 0.15) is 80.9 Å². The van der Waals surface area contributed by atoms with E-state index in [-0.39, 0.29) is 62.8 Å². The third kappa shape index (κ3) is 5.06. The molecule has 1 aliphatic heterocycles. The van der Waals surface area contributed by atoms with E-state index in [9.17, 15) is 0 Å². The van der Waals surface area contributed by atoms with E-state index in [4.69, 9.17) is 30.7 Å². The summed E-state index contributed by atoms with van der Waals surface area (Å²) in [6, 6.07) is 0. The van der Waals surface area contributed by atoms with Crippen molar-refractivity contribution >= 4 is 11.7 Å². The first-order chi connectivity index (χ1) is 16.7. The first-order valence-electron chi connectivity index (χ1n) is 12.3. The van der Waals surface area contributed by atoms with Gasteiger partial charge >= 0.3 is 51.4 Å². The summed E-state index contributed by atoms with van der Waals surface area (Å²) in [6.07, 6.45) is 6.22. The molecule has 5 rings (SSSR count). The Morgan fingerprint density at radius 1 is 1.17 bits per heavy atom. The van der Waals surface area contributed by atoms with Crippen LogP contribution in [-0.2, 0) is 5.54 Å². The van der Waals surface area contributed by atoms with Crippen LogP contribution in [0.5, 0.6) is 0 Å². The summed E-state index contributed by atoms with van der Waals surface area (Å²) in [5.41, 5.74) is 10.0. The molecule has 1 aliphatic carbocycles. The van der Waals surface area contributed by atoms with Gasteiger partial charge in [0.2, 0.25) is 0 Å². The van der Waals surface area contributed by atoms with Gasteiger partial charge in [0, 0.05) is 23.4 Å². The molecule has 0 unspecified atom stereocenters. The monoisotopic (exact) mass is 515 g/mol. The zero-order valence-corrected chi connectivity index (χ0v) is 25.3. The maximum atomic E-state index is 8.31. The van der Waals surface area contributed by atoms with Gasteiger partial charge in [-0.25, -0.2) is 9.97 Å². The van der Waals surface area contributed by atoms with E-state index in [1.54, 1.807) is 11.7 Å². The van der Waals surface area contributed by atoms with Gasteiger partial charge in [-0.2, -0.15) is 0 Å². The average molecular weight is 516 g/mol. The van der Waals surface area contributed by atoms with E-state index >= 15 is 0 Å². The SMILES string of the molecule is C[N-]c1c(C(=N)N)c(-c2noc(C3CC3)c2-c2ncc(C3CCNCC3)c(C)n2)nn1C(C)(C)C.[K+]. The number of hydrogen-bond acceptors (Lipinski definition) is 7. The number of nitrogens with two attached hydrogens (primary N) is 1. The minimum atomic E-state index is -0.371. The predicted molar refractivity (Wildman–Crippen MR) is 135 cm³/mol. The van der Waals surface area contributed by atoms with Gasteiger partial charge in [-0.3, -0.25) is 10.5 Å². The minimum Gasteiger partial charge on any atom is -0.467 e. The van der Waals surface area contributed by atoms with Gasteiger partial charge in [0.15, 0.2) is 11.6 Å². The van der Waals surface area contributed by atoms with E-state index in [0.29, 0.717) is 40.4 Å². The second kappa shape index (κ2) is 10.6. The normalized spacial score (nSPS) is 16.6. The summed E-state index contributed by atoms with van der Waals surface area (Å²) in [6.45, 7) is 10.2. The topological polar surface area (TPSA) is 146 Å². The molecular formula is C25H34KN9O. The molecule has 0 atom stereocenters. The molecule has 4 heterocycles. The second-order valence-electron chi connectivity index (χ2n) is 10.6. The third-order valence-corrected chi connectivity index (χ3v) is 6.89. The smallest absolute Gasteiger partial charge is 0.467 e. The quantitative estimate of drug-likeness (QED) is 0.255. The predicted octanol–water partition coefficient (Wildman–Crippen LogP) is 1.33. The average Bonchev–Trinajstić information content (AvgIpc) is 3.43. The molecule has 0 bridgehead atoms. The van der Waals surface area contributed by atoms with E-state index < -0.39 is 0 Å². The molecule has 0 radical (unpaired) electrons. The Hall–Kier alpha value is -1.63. The summed E-state index contributed by atoms with van der Waals surface area (Å²) in [4.78, 5) is 9.76. The fourth-order valence-electron chi connectivity index (χ4n) is 4.93. The Morgan fingerprint density at radius 2 is 1.86 bits per heavy atom. The van der Waals surface area contributed by atoms with E-state index in [0.717, 1.165) is 55.8 Å². The molecule has 3 aromatic heterocycles. The number of nitrogens with zero attached hydrogens (tertiary/aromatic N) is 6. The van der Waals surface area contributed by atoms with Gasteiger partial charge in [-0.05, 0) is 68.5 Å². The van der Waals surface area contributed by atoms with Crippen molar-refractivity contribution in [2.45, 2.75) is 70.8 Å². The van der Waals surface area contributed by atoms with Crippen molar-refractivity contribution in [3.63, 3.8) is 0 Å². The molecule has 1 saturated heterocycles. The molecule has 10 nitrogen and oxygen atoms in total. The Balaban J connectivity index is 0.00000304. The summed E-state index contributed by atoms with van der Waals surface area (Å²) in [5.74, 6) is 2.55. The largest absolute Gasteiger partial charge is 1.00 e. The first-order valence-corrected chi connectivity index (χ1v) is 12.3. The number of hydrogen-bond donors (Lipinski definition) is 3. The summed E-state index contributed by atoms with van der Waals surface area (Å²) < 4.78 is 7.68. The number of nitrogens with one attached hydrogen (secondary N) is 2. The van der Waals surface area contributed by atoms with Crippen LogP contribution in [0.4, 0.5) is 5.82 Å². The zero-order chi connectivity index (χ0) is 24.9. The van der Waals surface area contributed by atoms with Crippen molar-refractivity contribution in [2.75, 3.05) is 20.1 Å². The molecule has 186 valence electrons.